The highest BCUT2D eigenvalue weighted by molar-refractivity contribution is 7.13. The Hall–Kier alpha value is -2.13. The minimum atomic E-state index is 0.981. The maximum Gasteiger partial charge on any atom is 0.189 e. The molecule has 0 saturated heterocycles. The molecule has 0 amide bonds. The van der Waals surface area contributed by atoms with Crippen molar-refractivity contribution in [1.29, 1.82) is 0 Å². The van der Waals surface area contributed by atoms with Gasteiger partial charge in [0.25, 0.3) is 0 Å². The number of benzene rings is 2. The summed E-state index contributed by atoms with van der Waals surface area (Å²) in [5, 5.41) is 3.11. The fraction of sp³-hybridized carbons (Fsp3) is 0.318. The first-order valence-electron chi connectivity index (χ1n) is 9.16. The Morgan fingerprint density at radius 1 is 0.880 bits per heavy atom. The van der Waals surface area contributed by atoms with Crippen molar-refractivity contribution in [2.45, 2.75) is 39.0 Å². The summed E-state index contributed by atoms with van der Waals surface area (Å²) in [6, 6.07) is 19.7. The molecule has 130 valence electrons. The minimum absolute atomic E-state index is 0.981. The van der Waals surface area contributed by atoms with Gasteiger partial charge in [-0.25, -0.2) is 4.98 Å². The number of para-hydroxylation sites is 1. The topological polar surface area (TPSA) is 16.1 Å². The van der Waals surface area contributed by atoms with Gasteiger partial charge in [-0.3, -0.25) is 0 Å². The molecule has 25 heavy (non-hydrogen) atoms. The van der Waals surface area contributed by atoms with Crippen LogP contribution in [0, 0.1) is 0 Å². The molecule has 2 aromatic carbocycles. The van der Waals surface area contributed by atoms with E-state index in [4.69, 9.17) is 0 Å². The van der Waals surface area contributed by atoms with Crippen molar-refractivity contribution in [2.75, 3.05) is 11.4 Å². The number of hydrogen-bond acceptors (Lipinski definition) is 3. The van der Waals surface area contributed by atoms with Crippen molar-refractivity contribution < 1.29 is 0 Å². The smallest absolute Gasteiger partial charge is 0.189 e. The molecule has 0 unspecified atom stereocenters. The Labute approximate surface area is 155 Å². The molecule has 2 nitrogen and oxygen atoms in total. The zero-order valence-corrected chi connectivity index (χ0v) is 15.7. The third-order valence-corrected chi connectivity index (χ3v) is 5.20. The van der Waals surface area contributed by atoms with Crippen LogP contribution in [0.1, 0.15) is 37.3 Å². The number of rotatable bonds is 9. The number of anilines is 2. The summed E-state index contributed by atoms with van der Waals surface area (Å²) in [5.41, 5.74) is 4.10. The van der Waals surface area contributed by atoms with Gasteiger partial charge in [0.2, 0.25) is 0 Å². The highest BCUT2D eigenvalue weighted by Gasteiger charge is 2.11. The lowest BCUT2D eigenvalue weighted by atomic mass is 10.0. The zero-order chi connectivity index (χ0) is 17.3. The van der Waals surface area contributed by atoms with Crippen molar-refractivity contribution in [3.63, 3.8) is 0 Å². The maximum atomic E-state index is 4.50. The van der Waals surface area contributed by atoms with E-state index in [0.717, 1.165) is 24.5 Å². The van der Waals surface area contributed by atoms with Crippen molar-refractivity contribution in [1.82, 2.24) is 4.98 Å². The maximum absolute atomic E-state index is 4.50. The molecule has 3 aromatic rings. The van der Waals surface area contributed by atoms with Crippen LogP contribution in [-0.4, -0.2) is 11.5 Å². The first kappa shape index (κ1) is 17.7. The fourth-order valence-electron chi connectivity index (χ4n) is 2.99. The summed E-state index contributed by atoms with van der Waals surface area (Å²) in [7, 11) is 0. The van der Waals surface area contributed by atoms with Gasteiger partial charge in [-0.15, -0.1) is 11.3 Å². The lowest BCUT2D eigenvalue weighted by molar-refractivity contribution is 0.790. The van der Waals surface area contributed by atoms with Crippen LogP contribution in [-0.2, 0) is 12.8 Å². The largest absolute Gasteiger partial charge is 0.318 e. The summed E-state index contributed by atoms with van der Waals surface area (Å²) < 4.78 is 0. The number of aromatic nitrogens is 1. The van der Waals surface area contributed by atoms with E-state index in [1.165, 1.54) is 36.1 Å². The molecule has 0 saturated carbocycles. The summed E-state index contributed by atoms with van der Waals surface area (Å²) in [6.07, 6.45) is 7.83. The van der Waals surface area contributed by atoms with E-state index in [1.54, 1.807) is 11.3 Å². The van der Waals surface area contributed by atoms with E-state index in [2.05, 4.69) is 71.4 Å². The standard InChI is InChI=1S/C22H26N2S/c1-2-3-8-19-12-14-20(15-13-19)9-7-17-24(22-23-16-18-25-22)21-10-5-4-6-11-21/h4-6,10-16,18H,2-3,7-9,17H2,1H3. The zero-order valence-electron chi connectivity index (χ0n) is 14.9. The second kappa shape index (κ2) is 9.38. The first-order valence-corrected chi connectivity index (χ1v) is 10.0. The van der Waals surface area contributed by atoms with E-state index >= 15 is 0 Å². The van der Waals surface area contributed by atoms with Crippen LogP contribution in [0.15, 0.2) is 66.2 Å². The van der Waals surface area contributed by atoms with Crippen LogP contribution in [0.2, 0.25) is 0 Å². The van der Waals surface area contributed by atoms with Gasteiger partial charge < -0.3 is 4.90 Å². The average molecular weight is 351 g/mol. The van der Waals surface area contributed by atoms with E-state index in [9.17, 15) is 0 Å². The normalized spacial score (nSPS) is 10.8. The van der Waals surface area contributed by atoms with Gasteiger partial charge in [0.15, 0.2) is 5.13 Å². The number of nitrogens with zero attached hydrogens (tertiary/aromatic N) is 2. The van der Waals surface area contributed by atoms with Gasteiger partial charge >= 0.3 is 0 Å². The second-order valence-electron chi connectivity index (χ2n) is 6.33. The van der Waals surface area contributed by atoms with E-state index in [0.29, 0.717) is 0 Å². The van der Waals surface area contributed by atoms with Crippen molar-refractivity contribution >= 4 is 22.2 Å². The molecule has 3 rings (SSSR count). The van der Waals surface area contributed by atoms with Crippen LogP contribution in [0.25, 0.3) is 0 Å². The molecule has 3 heteroatoms. The third-order valence-electron chi connectivity index (χ3n) is 4.41. The van der Waals surface area contributed by atoms with E-state index < -0.39 is 0 Å². The summed E-state index contributed by atoms with van der Waals surface area (Å²) in [6.45, 7) is 3.23. The first-order chi connectivity index (χ1) is 12.4. The molecule has 0 fully saturated rings. The van der Waals surface area contributed by atoms with Crippen LogP contribution in [0.5, 0.6) is 0 Å². The molecule has 1 aromatic heterocycles. The predicted molar refractivity (Wildman–Crippen MR) is 109 cm³/mol. The molecular weight excluding hydrogens is 324 g/mol. The molecule has 0 aliphatic rings. The van der Waals surface area contributed by atoms with Crippen LogP contribution in [0.3, 0.4) is 0 Å². The number of hydrogen-bond donors (Lipinski definition) is 0. The number of thiazole rings is 1. The van der Waals surface area contributed by atoms with Crippen LogP contribution >= 0.6 is 11.3 Å². The highest BCUT2D eigenvalue weighted by Crippen LogP contribution is 2.27. The molecule has 0 bridgehead atoms. The van der Waals surface area contributed by atoms with Gasteiger partial charge in [0.05, 0.1) is 0 Å². The third kappa shape index (κ3) is 5.17. The Bertz CT molecular complexity index is 720. The monoisotopic (exact) mass is 350 g/mol. The molecule has 0 spiro atoms. The van der Waals surface area contributed by atoms with E-state index in [1.807, 2.05) is 11.6 Å². The Morgan fingerprint density at radius 3 is 2.16 bits per heavy atom. The van der Waals surface area contributed by atoms with Crippen molar-refractivity contribution in [3.05, 3.63) is 77.3 Å². The molecule has 1 heterocycles. The van der Waals surface area contributed by atoms with Crippen molar-refractivity contribution in [3.8, 4) is 0 Å². The van der Waals surface area contributed by atoms with Crippen LogP contribution < -0.4 is 4.90 Å². The average Bonchev–Trinajstić information content (AvgIpc) is 3.19. The summed E-state index contributed by atoms with van der Waals surface area (Å²) >= 11 is 1.70. The Morgan fingerprint density at radius 2 is 1.56 bits per heavy atom. The van der Waals surface area contributed by atoms with Gasteiger partial charge in [-0.1, -0.05) is 55.8 Å². The summed E-state index contributed by atoms with van der Waals surface area (Å²) in [5.74, 6) is 0. The van der Waals surface area contributed by atoms with E-state index in [-0.39, 0.29) is 0 Å². The van der Waals surface area contributed by atoms with Crippen molar-refractivity contribution in [2.24, 2.45) is 0 Å². The number of aryl methyl sites for hydroxylation is 2. The highest BCUT2D eigenvalue weighted by atomic mass is 32.1. The quantitative estimate of drug-likeness (QED) is 0.453. The molecule has 0 atom stereocenters. The summed E-state index contributed by atoms with van der Waals surface area (Å²) in [4.78, 5) is 6.82. The van der Waals surface area contributed by atoms with Gasteiger partial charge in [-0.2, -0.15) is 0 Å². The second-order valence-corrected chi connectivity index (χ2v) is 7.20. The minimum Gasteiger partial charge on any atom is -0.318 e. The van der Waals surface area contributed by atoms with Crippen LogP contribution in [0.4, 0.5) is 10.8 Å². The van der Waals surface area contributed by atoms with Gasteiger partial charge in [-0.05, 0) is 48.9 Å². The lowest BCUT2D eigenvalue weighted by Gasteiger charge is -2.22. The molecule has 0 aliphatic heterocycles. The SMILES string of the molecule is CCCCc1ccc(CCCN(c2ccccc2)c2nccs2)cc1. The lowest BCUT2D eigenvalue weighted by Crippen LogP contribution is -2.18. The number of unbranched alkanes of at least 4 members (excludes halogenated alkanes) is 1. The molecule has 0 radical (unpaired) electrons. The molecule has 0 N–H and O–H groups in total. The predicted octanol–water partition coefficient (Wildman–Crippen LogP) is 6.26. The molecular formula is C22H26N2S. The van der Waals surface area contributed by atoms with Gasteiger partial charge in [0.1, 0.15) is 0 Å². The Balaban J connectivity index is 1.58. The molecule has 0 aliphatic carbocycles. The fourth-order valence-corrected chi connectivity index (χ4v) is 3.68. The van der Waals surface area contributed by atoms with Gasteiger partial charge in [0, 0.05) is 23.8 Å². The Kier molecular flexibility index (Phi) is 6.63.